The van der Waals surface area contributed by atoms with E-state index < -0.39 is 0 Å². The number of hydrogen-bond acceptors (Lipinski definition) is 7. The molecule has 0 amide bonds. The van der Waals surface area contributed by atoms with Gasteiger partial charge in [0.25, 0.3) is 0 Å². The largest absolute Gasteiger partial charge is 0.463 e. The van der Waals surface area contributed by atoms with E-state index in [1.54, 1.807) is 0 Å². The first-order chi connectivity index (χ1) is 9.00. The van der Waals surface area contributed by atoms with E-state index in [-0.39, 0.29) is 17.6 Å². The molecule has 0 saturated carbocycles. The number of nitrogens with zero attached hydrogens (tertiary/aromatic N) is 4. The normalized spacial score (nSPS) is 18.4. The Morgan fingerprint density at radius 1 is 1.37 bits per heavy atom. The minimum Gasteiger partial charge on any atom is -0.463 e. The molecule has 106 valence electrons. The van der Waals surface area contributed by atoms with Crippen molar-refractivity contribution in [3.8, 4) is 6.01 Å². The van der Waals surface area contributed by atoms with E-state index in [0.29, 0.717) is 25.7 Å². The van der Waals surface area contributed by atoms with Crippen molar-refractivity contribution in [3.05, 3.63) is 0 Å². The second kappa shape index (κ2) is 5.56. The lowest BCUT2D eigenvalue weighted by Crippen LogP contribution is -2.49. The molecule has 0 aliphatic carbocycles. The van der Waals surface area contributed by atoms with Crippen molar-refractivity contribution < 1.29 is 9.47 Å². The molecule has 1 aromatic heterocycles. The number of anilines is 2. The summed E-state index contributed by atoms with van der Waals surface area (Å²) in [4.78, 5) is 14.5. The van der Waals surface area contributed by atoms with Gasteiger partial charge in [-0.05, 0) is 20.3 Å². The van der Waals surface area contributed by atoms with Crippen LogP contribution in [0.4, 0.5) is 11.9 Å². The molecule has 7 heteroatoms. The molecule has 19 heavy (non-hydrogen) atoms. The van der Waals surface area contributed by atoms with Gasteiger partial charge in [0.15, 0.2) is 0 Å². The van der Waals surface area contributed by atoms with Crippen molar-refractivity contribution in [2.45, 2.75) is 32.8 Å². The van der Waals surface area contributed by atoms with Gasteiger partial charge in [0.05, 0.1) is 18.8 Å². The van der Waals surface area contributed by atoms with Crippen LogP contribution in [-0.2, 0) is 4.74 Å². The molecule has 0 radical (unpaired) electrons. The Hall–Kier alpha value is -1.63. The van der Waals surface area contributed by atoms with Gasteiger partial charge in [0, 0.05) is 13.1 Å². The van der Waals surface area contributed by atoms with E-state index in [0.717, 1.165) is 13.0 Å². The molecule has 2 heterocycles. The lowest BCUT2D eigenvalue weighted by molar-refractivity contribution is -0.0281. The molecule has 2 rings (SSSR count). The summed E-state index contributed by atoms with van der Waals surface area (Å²) in [6.07, 6.45) is 0.894. The Kier molecular flexibility index (Phi) is 4.04. The van der Waals surface area contributed by atoms with E-state index in [1.165, 1.54) is 0 Å². The zero-order valence-corrected chi connectivity index (χ0v) is 11.7. The zero-order valence-electron chi connectivity index (χ0n) is 11.7. The monoisotopic (exact) mass is 267 g/mol. The maximum Gasteiger partial charge on any atom is 0.323 e. The van der Waals surface area contributed by atoms with Gasteiger partial charge in [0.2, 0.25) is 11.9 Å². The van der Waals surface area contributed by atoms with Gasteiger partial charge in [-0.25, -0.2) is 0 Å². The van der Waals surface area contributed by atoms with Crippen LogP contribution < -0.4 is 15.4 Å². The molecule has 1 saturated heterocycles. The third-order valence-corrected chi connectivity index (χ3v) is 2.76. The predicted molar refractivity (Wildman–Crippen MR) is 72.3 cm³/mol. The Morgan fingerprint density at radius 2 is 2.16 bits per heavy atom. The standard InChI is InChI=1S/C12H21N5O2/c1-4-6-18-11-15-9(13)14-10(16-11)17-5-7-19-12(2,3)8-17/h4-8H2,1-3H3,(H2,13,14,15,16). The van der Waals surface area contributed by atoms with E-state index in [9.17, 15) is 0 Å². The molecule has 0 atom stereocenters. The third kappa shape index (κ3) is 3.66. The van der Waals surface area contributed by atoms with Crippen LogP contribution in [0.5, 0.6) is 6.01 Å². The second-order valence-electron chi connectivity index (χ2n) is 5.15. The summed E-state index contributed by atoms with van der Waals surface area (Å²) in [5.41, 5.74) is 5.49. The van der Waals surface area contributed by atoms with Crippen LogP contribution in [-0.4, -0.2) is 46.9 Å². The summed E-state index contributed by atoms with van der Waals surface area (Å²) in [6, 6.07) is 0.286. The SMILES string of the molecule is CCCOc1nc(N)nc(N2CCOC(C)(C)C2)n1. The first-order valence-electron chi connectivity index (χ1n) is 6.53. The van der Waals surface area contributed by atoms with Crippen LogP contribution >= 0.6 is 0 Å². The van der Waals surface area contributed by atoms with Crippen molar-refractivity contribution in [1.29, 1.82) is 0 Å². The Labute approximate surface area is 113 Å². The smallest absolute Gasteiger partial charge is 0.323 e. The fourth-order valence-electron chi connectivity index (χ4n) is 1.95. The lowest BCUT2D eigenvalue weighted by atomic mass is 10.1. The average Bonchev–Trinajstić information content (AvgIpc) is 2.34. The Morgan fingerprint density at radius 3 is 2.84 bits per heavy atom. The minimum absolute atomic E-state index is 0.181. The average molecular weight is 267 g/mol. The summed E-state index contributed by atoms with van der Waals surface area (Å²) in [6.45, 7) is 8.76. The van der Waals surface area contributed by atoms with Crippen LogP contribution in [0.2, 0.25) is 0 Å². The highest BCUT2D eigenvalue weighted by Crippen LogP contribution is 2.21. The molecule has 1 aromatic rings. The van der Waals surface area contributed by atoms with E-state index >= 15 is 0 Å². The number of aromatic nitrogens is 3. The molecule has 0 bridgehead atoms. The molecule has 1 aliphatic heterocycles. The fourth-order valence-corrected chi connectivity index (χ4v) is 1.95. The maximum absolute atomic E-state index is 5.71. The molecule has 0 unspecified atom stereocenters. The molecule has 7 nitrogen and oxygen atoms in total. The van der Waals surface area contributed by atoms with Crippen LogP contribution in [0, 0.1) is 0 Å². The number of hydrogen-bond donors (Lipinski definition) is 1. The van der Waals surface area contributed by atoms with Crippen LogP contribution in [0.25, 0.3) is 0 Å². The summed E-state index contributed by atoms with van der Waals surface area (Å²) >= 11 is 0. The Bertz CT molecular complexity index is 438. The molecule has 2 N–H and O–H groups in total. The number of rotatable bonds is 4. The van der Waals surface area contributed by atoms with Crippen molar-refractivity contribution in [2.75, 3.05) is 36.9 Å². The van der Waals surface area contributed by atoms with Crippen molar-refractivity contribution in [1.82, 2.24) is 15.0 Å². The third-order valence-electron chi connectivity index (χ3n) is 2.76. The van der Waals surface area contributed by atoms with Crippen LogP contribution in [0.15, 0.2) is 0 Å². The molecule has 0 aromatic carbocycles. The quantitative estimate of drug-likeness (QED) is 0.865. The number of nitrogens with two attached hydrogens (primary N) is 1. The lowest BCUT2D eigenvalue weighted by Gasteiger charge is -2.38. The summed E-state index contributed by atoms with van der Waals surface area (Å²) in [5.74, 6) is 0.732. The minimum atomic E-state index is -0.218. The van der Waals surface area contributed by atoms with Gasteiger partial charge in [-0.1, -0.05) is 6.92 Å². The Balaban J connectivity index is 2.16. The molecule has 1 aliphatic rings. The maximum atomic E-state index is 5.71. The van der Waals surface area contributed by atoms with Gasteiger partial charge in [0.1, 0.15) is 0 Å². The van der Waals surface area contributed by atoms with Gasteiger partial charge in [-0.2, -0.15) is 15.0 Å². The van der Waals surface area contributed by atoms with Gasteiger partial charge in [-0.15, -0.1) is 0 Å². The summed E-state index contributed by atoms with van der Waals surface area (Å²) < 4.78 is 11.1. The van der Waals surface area contributed by atoms with E-state index in [2.05, 4.69) is 15.0 Å². The van der Waals surface area contributed by atoms with Crippen LogP contribution in [0.1, 0.15) is 27.2 Å². The highest BCUT2D eigenvalue weighted by atomic mass is 16.5. The molecular formula is C12H21N5O2. The second-order valence-corrected chi connectivity index (χ2v) is 5.15. The van der Waals surface area contributed by atoms with Gasteiger partial charge < -0.3 is 20.1 Å². The van der Waals surface area contributed by atoms with E-state index in [4.69, 9.17) is 15.2 Å². The summed E-state index contributed by atoms with van der Waals surface area (Å²) in [5, 5.41) is 0. The predicted octanol–water partition coefficient (Wildman–Crippen LogP) is 0.858. The van der Waals surface area contributed by atoms with Gasteiger partial charge >= 0.3 is 6.01 Å². The van der Waals surface area contributed by atoms with E-state index in [1.807, 2.05) is 25.7 Å². The van der Waals surface area contributed by atoms with Crippen molar-refractivity contribution >= 4 is 11.9 Å². The number of nitrogen functional groups attached to an aromatic ring is 1. The number of morpholine rings is 1. The first-order valence-corrected chi connectivity index (χ1v) is 6.53. The zero-order chi connectivity index (χ0) is 13.9. The fraction of sp³-hybridized carbons (Fsp3) is 0.750. The van der Waals surface area contributed by atoms with Crippen molar-refractivity contribution in [3.63, 3.8) is 0 Å². The first kappa shape index (κ1) is 13.8. The van der Waals surface area contributed by atoms with Crippen molar-refractivity contribution in [2.24, 2.45) is 0 Å². The molecule has 1 fully saturated rings. The molecule has 0 spiro atoms. The highest BCUT2D eigenvalue weighted by Gasteiger charge is 2.29. The van der Waals surface area contributed by atoms with Crippen LogP contribution in [0.3, 0.4) is 0 Å². The highest BCUT2D eigenvalue weighted by molar-refractivity contribution is 5.37. The van der Waals surface area contributed by atoms with Gasteiger partial charge in [-0.3, -0.25) is 0 Å². The molecular weight excluding hydrogens is 246 g/mol. The summed E-state index contributed by atoms with van der Waals surface area (Å²) in [7, 11) is 0. The topological polar surface area (TPSA) is 86.4 Å². The number of ether oxygens (including phenoxy) is 2.